The third-order valence-electron chi connectivity index (χ3n) is 5.81. The summed E-state index contributed by atoms with van der Waals surface area (Å²) < 4.78 is 1.78. The second-order valence-corrected chi connectivity index (χ2v) is 8.70. The number of likely N-dealkylation sites (tertiary alicyclic amines) is 1. The average Bonchev–Trinajstić information content (AvgIpc) is 2.83. The molecule has 0 saturated carbocycles. The molecule has 3 rings (SSSR count). The van der Waals surface area contributed by atoms with Gasteiger partial charge in [0, 0.05) is 22.7 Å². The van der Waals surface area contributed by atoms with Crippen molar-refractivity contribution in [2.75, 3.05) is 0 Å². The standard InChI is InChI=1S/C19H30N2O2S/c1-4-6-15-9-10-16-17(11-15)24-19(23)20(16)12-18(22)21-13(2)7-5-8-14(21)3/h13-15H,4-12H2,1-3H3/t13-,14-,15-/m1/s1. The van der Waals surface area contributed by atoms with E-state index in [2.05, 4.69) is 20.8 Å². The maximum atomic E-state index is 12.9. The summed E-state index contributed by atoms with van der Waals surface area (Å²) in [6, 6.07) is 0.584. The molecule has 0 N–H and O–H groups in total. The van der Waals surface area contributed by atoms with Gasteiger partial charge in [-0.25, -0.2) is 0 Å². The molecule has 1 aromatic heterocycles. The highest BCUT2D eigenvalue weighted by molar-refractivity contribution is 7.09. The number of carbonyl (C=O) groups excluding carboxylic acids is 1. The molecule has 0 unspecified atom stereocenters. The molecule has 0 spiro atoms. The molecule has 24 heavy (non-hydrogen) atoms. The van der Waals surface area contributed by atoms with Crippen LogP contribution in [0.15, 0.2) is 4.79 Å². The molecule has 4 nitrogen and oxygen atoms in total. The van der Waals surface area contributed by atoms with Gasteiger partial charge in [0.05, 0.1) is 0 Å². The molecule has 0 aromatic carbocycles. The van der Waals surface area contributed by atoms with E-state index in [9.17, 15) is 9.59 Å². The zero-order valence-electron chi connectivity index (χ0n) is 15.2. The van der Waals surface area contributed by atoms with E-state index in [-0.39, 0.29) is 17.3 Å². The summed E-state index contributed by atoms with van der Waals surface area (Å²) in [5.41, 5.74) is 1.14. The van der Waals surface area contributed by atoms with Crippen molar-refractivity contribution >= 4 is 17.2 Å². The van der Waals surface area contributed by atoms with Gasteiger partial charge in [-0.2, -0.15) is 0 Å². The number of hydrogen-bond acceptors (Lipinski definition) is 3. The van der Waals surface area contributed by atoms with Crippen LogP contribution in [0.4, 0.5) is 0 Å². The fourth-order valence-corrected chi connectivity index (χ4v) is 5.71. The smallest absolute Gasteiger partial charge is 0.308 e. The van der Waals surface area contributed by atoms with Crippen LogP contribution in [0.2, 0.25) is 0 Å². The number of rotatable bonds is 4. The second kappa shape index (κ2) is 7.42. The lowest BCUT2D eigenvalue weighted by molar-refractivity contribution is -0.138. The topological polar surface area (TPSA) is 42.3 Å². The maximum Gasteiger partial charge on any atom is 0.308 e. The number of piperidine rings is 1. The van der Waals surface area contributed by atoms with E-state index < -0.39 is 0 Å². The number of carbonyl (C=O) groups is 1. The molecule has 2 heterocycles. The van der Waals surface area contributed by atoms with Crippen molar-refractivity contribution < 1.29 is 4.79 Å². The molecule has 0 bridgehead atoms. The monoisotopic (exact) mass is 350 g/mol. The fourth-order valence-electron chi connectivity index (χ4n) is 4.56. The first-order valence-electron chi connectivity index (χ1n) is 9.53. The van der Waals surface area contributed by atoms with Crippen LogP contribution in [0.3, 0.4) is 0 Å². The van der Waals surface area contributed by atoms with Gasteiger partial charge in [-0.1, -0.05) is 31.1 Å². The van der Waals surface area contributed by atoms with Gasteiger partial charge in [0.1, 0.15) is 6.54 Å². The van der Waals surface area contributed by atoms with Crippen molar-refractivity contribution in [3.63, 3.8) is 0 Å². The van der Waals surface area contributed by atoms with Crippen molar-refractivity contribution in [3.8, 4) is 0 Å². The highest BCUT2D eigenvalue weighted by atomic mass is 32.1. The molecule has 1 saturated heterocycles. The molecular formula is C19H30N2O2S. The minimum absolute atomic E-state index is 0.0582. The SMILES string of the molecule is CCC[C@@H]1CCc2c(sc(=O)n2CC(=O)N2[C@H](C)CCC[C@H]2C)C1. The van der Waals surface area contributed by atoms with E-state index in [4.69, 9.17) is 0 Å². The highest BCUT2D eigenvalue weighted by Crippen LogP contribution is 2.30. The zero-order valence-corrected chi connectivity index (χ0v) is 16.0. The summed E-state index contributed by atoms with van der Waals surface area (Å²) in [7, 11) is 0. The predicted octanol–water partition coefficient (Wildman–Crippen LogP) is 3.60. The number of aromatic nitrogens is 1. The minimum Gasteiger partial charge on any atom is -0.336 e. The Bertz CT molecular complexity index is 638. The van der Waals surface area contributed by atoms with Crippen molar-refractivity contribution in [1.29, 1.82) is 0 Å². The summed E-state index contributed by atoms with van der Waals surface area (Å²) in [4.78, 5) is 28.6. The Kier molecular flexibility index (Phi) is 5.48. The quantitative estimate of drug-likeness (QED) is 0.832. The molecular weight excluding hydrogens is 320 g/mol. The van der Waals surface area contributed by atoms with E-state index in [0.29, 0.717) is 18.0 Å². The van der Waals surface area contributed by atoms with Gasteiger partial charge < -0.3 is 4.90 Å². The van der Waals surface area contributed by atoms with E-state index in [1.54, 1.807) is 4.57 Å². The highest BCUT2D eigenvalue weighted by Gasteiger charge is 2.31. The Morgan fingerprint density at radius 1 is 1.21 bits per heavy atom. The molecule has 2 aliphatic rings. The molecule has 1 aliphatic carbocycles. The van der Waals surface area contributed by atoms with Crippen LogP contribution in [-0.4, -0.2) is 27.5 Å². The number of hydrogen-bond donors (Lipinski definition) is 0. The number of nitrogens with zero attached hydrogens (tertiary/aromatic N) is 2. The van der Waals surface area contributed by atoms with Gasteiger partial charge in [-0.3, -0.25) is 14.2 Å². The molecule has 5 heteroatoms. The first-order valence-corrected chi connectivity index (χ1v) is 10.4. The maximum absolute atomic E-state index is 12.9. The van der Waals surface area contributed by atoms with Crippen LogP contribution < -0.4 is 4.87 Å². The van der Waals surface area contributed by atoms with E-state index in [1.165, 1.54) is 35.5 Å². The van der Waals surface area contributed by atoms with Crippen LogP contribution >= 0.6 is 11.3 Å². The Labute approximate surface area is 148 Å². The second-order valence-electron chi connectivity index (χ2n) is 7.65. The van der Waals surface area contributed by atoms with Gasteiger partial charge in [0.2, 0.25) is 5.91 Å². The number of thiazole rings is 1. The van der Waals surface area contributed by atoms with Crippen molar-refractivity contribution in [3.05, 3.63) is 20.2 Å². The molecule has 134 valence electrons. The van der Waals surface area contributed by atoms with Crippen molar-refractivity contribution in [1.82, 2.24) is 9.47 Å². The zero-order chi connectivity index (χ0) is 17.3. The third kappa shape index (κ3) is 3.46. The molecule has 0 radical (unpaired) electrons. The third-order valence-corrected chi connectivity index (χ3v) is 6.86. The van der Waals surface area contributed by atoms with Crippen LogP contribution in [0.25, 0.3) is 0 Å². The molecule has 1 aliphatic heterocycles. The van der Waals surface area contributed by atoms with E-state index >= 15 is 0 Å². The van der Waals surface area contributed by atoms with Gasteiger partial charge in [-0.15, -0.1) is 0 Å². The average molecular weight is 351 g/mol. The Balaban J connectivity index is 1.76. The summed E-state index contributed by atoms with van der Waals surface area (Å²) >= 11 is 1.37. The fraction of sp³-hybridized carbons (Fsp3) is 0.789. The Morgan fingerprint density at radius 3 is 2.58 bits per heavy atom. The lowest BCUT2D eigenvalue weighted by Crippen LogP contribution is -2.49. The van der Waals surface area contributed by atoms with E-state index in [1.807, 2.05) is 4.90 Å². The molecule has 1 fully saturated rings. The van der Waals surface area contributed by atoms with Gasteiger partial charge in [-0.05, 0) is 58.3 Å². The summed E-state index contributed by atoms with van der Waals surface area (Å²) in [5.74, 6) is 0.833. The Morgan fingerprint density at radius 2 is 1.92 bits per heavy atom. The van der Waals surface area contributed by atoms with Crippen molar-refractivity contribution in [2.45, 2.75) is 90.8 Å². The lowest BCUT2D eigenvalue weighted by atomic mass is 9.88. The summed E-state index contributed by atoms with van der Waals surface area (Å²) in [5, 5.41) is 0. The summed E-state index contributed by atoms with van der Waals surface area (Å²) in [6.07, 6.45) is 8.93. The van der Waals surface area contributed by atoms with E-state index in [0.717, 1.165) is 37.8 Å². The molecule has 1 aromatic rings. The first-order chi connectivity index (χ1) is 11.5. The molecule has 1 amide bonds. The normalized spacial score (nSPS) is 27.1. The van der Waals surface area contributed by atoms with Crippen LogP contribution in [0, 0.1) is 5.92 Å². The Hall–Kier alpha value is -1.10. The number of amides is 1. The van der Waals surface area contributed by atoms with Crippen LogP contribution in [0.1, 0.15) is 69.9 Å². The van der Waals surface area contributed by atoms with Gasteiger partial charge in [0.25, 0.3) is 0 Å². The predicted molar refractivity (Wildman–Crippen MR) is 98.6 cm³/mol. The van der Waals surface area contributed by atoms with Crippen LogP contribution in [0.5, 0.6) is 0 Å². The molecule has 3 atom stereocenters. The minimum atomic E-state index is 0.0582. The van der Waals surface area contributed by atoms with Gasteiger partial charge in [0.15, 0.2) is 0 Å². The lowest BCUT2D eigenvalue weighted by Gasteiger charge is -2.39. The van der Waals surface area contributed by atoms with Crippen LogP contribution in [-0.2, 0) is 24.2 Å². The van der Waals surface area contributed by atoms with Gasteiger partial charge >= 0.3 is 4.87 Å². The first kappa shape index (κ1) is 17.7. The summed E-state index contributed by atoms with van der Waals surface area (Å²) in [6.45, 7) is 6.73. The van der Waals surface area contributed by atoms with Crippen molar-refractivity contribution in [2.24, 2.45) is 5.92 Å². The largest absolute Gasteiger partial charge is 0.336 e. The number of fused-ring (bicyclic) bond motifs is 1.